The Balaban J connectivity index is 1.76. The Morgan fingerprint density at radius 2 is 2.00 bits per heavy atom. The van der Waals surface area contributed by atoms with Crippen molar-refractivity contribution >= 4 is 11.3 Å². The Kier molecular flexibility index (Phi) is 3.01. The minimum absolute atomic E-state index is 0.270. The SMILES string of the molecule is Cc1ccsc1C(N)C1CC2CCC(C1)N2C. The number of aryl methyl sites for hydroxylation is 1. The first-order valence-electron chi connectivity index (χ1n) is 6.68. The molecule has 3 heteroatoms. The zero-order chi connectivity index (χ0) is 12.0. The number of nitrogens with zero attached hydrogens (tertiary/aromatic N) is 1. The van der Waals surface area contributed by atoms with Crippen LogP contribution in [-0.4, -0.2) is 24.0 Å². The molecule has 3 unspecified atom stereocenters. The summed E-state index contributed by atoms with van der Waals surface area (Å²) in [7, 11) is 2.29. The summed E-state index contributed by atoms with van der Waals surface area (Å²) in [5.74, 6) is 0.695. The lowest BCUT2D eigenvalue weighted by Crippen LogP contribution is -2.42. The highest BCUT2D eigenvalue weighted by molar-refractivity contribution is 7.10. The van der Waals surface area contributed by atoms with Crippen molar-refractivity contribution in [2.24, 2.45) is 11.7 Å². The molecular formula is C14H22N2S. The number of nitrogens with two attached hydrogens (primary N) is 1. The maximum absolute atomic E-state index is 6.50. The third kappa shape index (κ3) is 1.94. The molecule has 17 heavy (non-hydrogen) atoms. The molecule has 2 nitrogen and oxygen atoms in total. The molecule has 2 fully saturated rings. The van der Waals surface area contributed by atoms with Crippen LogP contribution in [0.1, 0.15) is 42.2 Å². The van der Waals surface area contributed by atoms with E-state index < -0.39 is 0 Å². The molecule has 0 amide bonds. The van der Waals surface area contributed by atoms with Gasteiger partial charge in [0.1, 0.15) is 0 Å². The van der Waals surface area contributed by atoms with Crippen LogP contribution >= 0.6 is 11.3 Å². The van der Waals surface area contributed by atoms with Gasteiger partial charge in [-0.2, -0.15) is 0 Å². The average Bonchev–Trinajstić information content (AvgIpc) is 2.79. The van der Waals surface area contributed by atoms with E-state index in [9.17, 15) is 0 Å². The summed E-state index contributed by atoms with van der Waals surface area (Å²) >= 11 is 1.84. The topological polar surface area (TPSA) is 29.3 Å². The predicted molar refractivity (Wildman–Crippen MR) is 73.3 cm³/mol. The second-order valence-corrected chi connectivity index (χ2v) is 6.72. The van der Waals surface area contributed by atoms with E-state index in [1.165, 1.54) is 36.1 Å². The van der Waals surface area contributed by atoms with Gasteiger partial charge in [0.25, 0.3) is 0 Å². The molecular weight excluding hydrogens is 228 g/mol. The van der Waals surface area contributed by atoms with Crippen LogP contribution in [0.5, 0.6) is 0 Å². The molecule has 1 aromatic rings. The molecule has 94 valence electrons. The average molecular weight is 250 g/mol. The fraction of sp³-hybridized carbons (Fsp3) is 0.714. The Hall–Kier alpha value is -0.380. The minimum Gasteiger partial charge on any atom is -0.323 e. The van der Waals surface area contributed by atoms with E-state index in [4.69, 9.17) is 5.73 Å². The quantitative estimate of drug-likeness (QED) is 0.874. The predicted octanol–water partition coefficient (Wildman–Crippen LogP) is 2.93. The molecule has 0 spiro atoms. The number of hydrogen-bond acceptors (Lipinski definition) is 3. The van der Waals surface area contributed by atoms with Crippen molar-refractivity contribution < 1.29 is 0 Å². The van der Waals surface area contributed by atoms with Gasteiger partial charge >= 0.3 is 0 Å². The van der Waals surface area contributed by atoms with Gasteiger partial charge < -0.3 is 10.6 Å². The monoisotopic (exact) mass is 250 g/mol. The molecule has 1 aromatic heterocycles. The number of fused-ring (bicyclic) bond motifs is 2. The van der Waals surface area contributed by atoms with Gasteiger partial charge in [-0.15, -0.1) is 11.3 Å². The van der Waals surface area contributed by atoms with E-state index in [1.807, 2.05) is 11.3 Å². The van der Waals surface area contributed by atoms with Gasteiger partial charge in [0.2, 0.25) is 0 Å². The van der Waals surface area contributed by atoms with Crippen molar-refractivity contribution in [3.8, 4) is 0 Å². The molecule has 0 saturated carbocycles. The lowest BCUT2D eigenvalue weighted by Gasteiger charge is -2.38. The lowest BCUT2D eigenvalue weighted by molar-refractivity contribution is 0.121. The van der Waals surface area contributed by atoms with Crippen LogP contribution in [0.25, 0.3) is 0 Å². The van der Waals surface area contributed by atoms with Crippen molar-refractivity contribution in [2.75, 3.05) is 7.05 Å². The Morgan fingerprint density at radius 3 is 2.53 bits per heavy atom. The van der Waals surface area contributed by atoms with Crippen molar-refractivity contribution in [2.45, 2.75) is 50.7 Å². The van der Waals surface area contributed by atoms with Crippen molar-refractivity contribution in [1.29, 1.82) is 0 Å². The van der Waals surface area contributed by atoms with Gasteiger partial charge in [-0.3, -0.25) is 0 Å². The van der Waals surface area contributed by atoms with Crippen LogP contribution < -0.4 is 5.73 Å². The molecule has 3 atom stereocenters. The first-order valence-corrected chi connectivity index (χ1v) is 7.56. The number of hydrogen-bond donors (Lipinski definition) is 1. The van der Waals surface area contributed by atoms with Gasteiger partial charge in [0.05, 0.1) is 0 Å². The summed E-state index contributed by atoms with van der Waals surface area (Å²) in [5.41, 5.74) is 7.89. The van der Waals surface area contributed by atoms with Gasteiger partial charge in [-0.05, 0) is 62.6 Å². The van der Waals surface area contributed by atoms with Crippen LogP contribution in [-0.2, 0) is 0 Å². The summed E-state index contributed by atoms with van der Waals surface area (Å²) in [4.78, 5) is 4.00. The fourth-order valence-electron chi connectivity index (χ4n) is 3.69. The van der Waals surface area contributed by atoms with Crippen molar-refractivity contribution in [3.05, 3.63) is 21.9 Å². The van der Waals surface area contributed by atoms with Crippen LogP contribution in [0.2, 0.25) is 0 Å². The molecule has 2 bridgehead atoms. The molecule has 0 aliphatic carbocycles. The smallest absolute Gasteiger partial charge is 0.0422 e. The molecule has 0 radical (unpaired) electrons. The second kappa shape index (κ2) is 4.38. The van der Waals surface area contributed by atoms with E-state index in [0.717, 1.165) is 12.1 Å². The molecule has 3 rings (SSSR count). The third-order valence-corrected chi connectivity index (χ3v) is 5.97. The summed E-state index contributed by atoms with van der Waals surface area (Å²) in [6.45, 7) is 2.19. The van der Waals surface area contributed by atoms with Gasteiger partial charge in [0.15, 0.2) is 0 Å². The minimum atomic E-state index is 0.270. The molecule has 0 aromatic carbocycles. The summed E-state index contributed by atoms with van der Waals surface area (Å²) in [6.07, 6.45) is 5.36. The standard InChI is InChI=1S/C14H22N2S/c1-9-5-6-17-14(9)13(15)10-7-11-3-4-12(8-10)16(11)2/h5-6,10-13H,3-4,7-8,15H2,1-2H3. The van der Waals surface area contributed by atoms with Crippen LogP contribution in [0, 0.1) is 12.8 Å². The maximum atomic E-state index is 6.50. The van der Waals surface area contributed by atoms with Crippen molar-refractivity contribution in [1.82, 2.24) is 4.90 Å². The zero-order valence-electron chi connectivity index (χ0n) is 10.7. The summed E-state index contributed by atoms with van der Waals surface area (Å²) < 4.78 is 0. The largest absolute Gasteiger partial charge is 0.323 e. The van der Waals surface area contributed by atoms with Crippen LogP contribution in [0.3, 0.4) is 0 Å². The zero-order valence-corrected chi connectivity index (χ0v) is 11.5. The first kappa shape index (κ1) is 11.7. The van der Waals surface area contributed by atoms with E-state index in [1.54, 1.807) is 0 Å². The highest BCUT2D eigenvalue weighted by atomic mass is 32.1. The molecule has 2 aliphatic rings. The summed E-state index contributed by atoms with van der Waals surface area (Å²) in [6, 6.07) is 4.06. The Morgan fingerprint density at radius 1 is 1.35 bits per heavy atom. The number of rotatable bonds is 2. The Bertz CT molecular complexity index is 387. The van der Waals surface area contributed by atoms with E-state index in [2.05, 4.69) is 30.3 Å². The molecule has 2 saturated heterocycles. The van der Waals surface area contributed by atoms with Gasteiger partial charge in [-0.1, -0.05) is 0 Å². The van der Waals surface area contributed by atoms with Gasteiger partial charge in [-0.25, -0.2) is 0 Å². The maximum Gasteiger partial charge on any atom is 0.0422 e. The summed E-state index contributed by atoms with van der Waals surface area (Å²) in [5, 5.41) is 2.17. The highest BCUT2D eigenvalue weighted by Gasteiger charge is 2.40. The lowest BCUT2D eigenvalue weighted by atomic mass is 9.84. The van der Waals surface area contributed by atoms with Crippen LogP contribution in [0.15, 0.2) is 11.4 Å². The molecule has 3 heterocycles. The number of piperidine rings is 1. The van der Waals surface area contributed by atoms with E-state index in [-0.39, 0.29) is 6.04 Å². The van der Waals surface area contributed by atoms with Crippen LogP contribution in [0.4, 0.5) is 0 Å². The molecule has 2 aliphatic heterocycles. The fourth-order valence-corrected chi connectivity index (χ4v) is 4.71. The third-order valence-electron chi connectivity index (χ3n) is 4.85. The highest BCUT2D eigenvalue weighted by Crippen LogP contribution is 2.42. The Labute approximate surface area is 108 Å². The second-order valence-electron chi connectivity index (χ2n) is 5.78. The van der Waals surface area contributed by atoms with Crippen molar-refractivity contribution in [3.63, 3.8) is 0 Å². The number of thiophene rings is 1. The van der Waals surface area contributed by atoms with E-state index in [0.29, 0.717) is 5.92 Å². The normalized spacial score (nSPS) is 35.1. The van der Waals surface area contributed by atoms with E-state index >= 15 is 0 Å². The molecule has 2 N–H and O–H groups in total. The first-order chi connectivity index (χ1) is 8.16. The van der Waals surface area contributed by atoms with Gasteiger partial charge in [0, 0.05) is 23.0 Å².